The van der Waals surface area contributed by atoms with Gasteiger partial charge in [0.25, 0.3) is 0 Å². The normalized spacial score (nSPS) is 13.3. The van der Waals surface area contributed by atoms with Crippen LogP contribution in [0.3, 0.4) is 0 Å². The Morgan fingerprint density at radius 1 is 0.833 bits per heavy atom. The summed E-state index contributed by atoms with van der Waals surface area (Å²) in [6, 6.07) is 10.5. The van der Waals surface area contributed by atoms with E-state index in [1.807, 2.05) is 0 Å². The van der Waals surface area contributed by atoms with Crippen LogP contribution in [0, 0.1) is 0 Å². The van der Waals surface area contributed by atoms with E-state index in [9.17, 15) is 13.2 Å². The third-order valence-electron chi connectivity index (χ3n) is 2.82. The summed E-state index contributed by atoms with van der Waals surface area (Å²) in [5, 5.41) is 7.29. The first-order valence-electron chi connectivity index (χ1n) is 6.28. The fourth-order valence-electron chi connectivity index (χ4n) is 1.66. The summed E-state index contributed by atoms with van der Waals surface area (Å²) >= 11 is 18.1. The predicted octanol–water partition coefficient (Wildman–Crippen LogP) is 6.82. The monoisotopic (exact) mass is 500 g/mol. The lowest BCUT2D eigenvalue weighted by molar-refractivity contribution is -0.138. The van der Waals surface area contributed by atoms with E-state index in [2.05, 4.69) is 42.1 Å². The Balaban J connectivity index is 2.31. The lowest BCUT2D eigenvalue weighted by Crippen LogP contribution is -2.07. The van der Waals surface area contributed by atoms with Crippen LogP contribution in [0.4, 0.5) is 13.2 Å². The SMILES string of the molecule is FC(F)(F)c1cc(C(Cl)=NN=C(Cl)c2ccc(Br)cc2)ccc1Br. The molecule has 0 atom stereocenters. The average Bonchev–Trinajstić information content (AvgIpc) is 2.52. The number of nitrogens with zero attached hydrogens (tertiary/aromatic N) is 2. The molecule has 0 fully saturated rings. The maximum absolute atomic E-state index is 12.9. The van der Waals surface area contributed by atoms with Crippen molar-refractivity contribution in [1.82, 2.24) is 0 Å². The van der Waals surface area contributed by atoms with Crippen molar-refractivity contribution >= 4 is 65.4 Å². The maximum Gasteiger partial charge on any atom is 0.417 e. The summed E-state index contributed by atoms with van der Waals surface area (Å²) in [5.41, 5.74) is -0.174. The van der Waals surface area contributed by atoms with Crippen molar-refractivity contribution in [2.75, 3.05) is 0 Å². The van der Waals surface area contributed by atoms with Crippen LogP contribution in [0.25, 0.3) is 0 Å². The number of alkyl halides is 3. The van der Waals surface area contributed by atoms with Gasteiger partial charge in [0, 0.05) is 20.1 Å². The van der Waals surface area contributed by atoms with Crippen LogP contribution in [0.1, 0.15) is 16.7 Å². The van der Waals surface area contributed by atoms with E-state index in [0.717, 1.165) is 10.5 Å². The van der Waals surface area contributed by atoms with E-state index in [0.29, 0.717) is 5.56 Å². The van der Waals surface area contributed by atoms with Gasteiger partial charge in [0.1, 0.15) is 0 Å². The lowest BCUT2D eigenvalue weighted by atomic mass is 10.1. The molecule has 0 saturated carbocycles. The zero-order valence-electron chi connectivity index (χ0n) is 11.6. The highest BCUT2D eigenvalue weighted by Crippen LogP contribution is 2.35. The van der Waals surface area contributed by atoms with E-state index in [-0.39, 0.29) is 20.4 Å². The van der Waals surface area contributed by atoms with Gasteiger partial charge in [0.05, 0.1) is 5.56 Å². The Bertz CT molecular complexity index is 803. The topological polar surface area (TPSA) is 24.7 Å². The van der Waals surface area contributed by atoms with E-state index >= 15 is 0 Å². The molecule has 2 aromatic carbocycles. The van der Waals surface area contributed by atoms with Gasteiger partial charge in [-0.1, -0.05) is 73.3 Å². The highest BCUT2D eigenvalue weighted by molar-refractivity contribution is 9.10. The predicted molar refractivity (Wildman–Crippen MR) is 98.1 cm³/mol. The molecule has 0 aliphatic carbocycles. The molecule has 9 heteroatoms. The second kappa shape index (κ2) is 7.99. The Kier molecular flexibility index (Phi) is 6.47. The molecule has 2 aromatic rings. The number of rotatable bonds is 3. The molecule has 0 bridgehead atoms. The van der Waals surface area contributed by atoms with Crippen LogP contribution < -0.4 is 0 Å². The molecule has 0 N–H and O–H groups in total. The highest BCUT2D eigenvalue weighted by Gasteiger charge is 2.33. The molecule has 0 heterocycles. The summed E-state index contributed by atoms with van der Waals surface area (Å²) in [6.07, 6.45) is -4.51. The van der Waals surface area contributed by atoms with Crippen LogP contribution in [-0.4, -0.2) is 10.3 Å². The number of hydrogen-bond acceptors (Lipinski definition) is 2. The number of halogens is 7. The quantitative estimate of drug-likeness (QED) is 0.325. The smallest absolute Gasteiger partial charge is 0.166 e. The van der Waals surface area contributed by atoms with Gasteiger partial charge in [0.15, 0.2) is 10.3 Å². The summed E-state index contributed by atoms with van der Waals surface area (Å²) in [6.45, 7) is 0. The summed E-state index contributed by atoms with van der Waals surface area (Å²) in [7, 11) is 0. The van der Waals surface area contributed by atoms with E-state index in [1.54, 1.807) is 24.3 Å². The molecule has 126 valence electrons. The molecule has 0 aliphatic heterocycles. The molecule has 0 aromatic heterocycles. The van der Waals surface area contributed by atoms with Crippen molar-refractivity contribution < 1.29 is 13.2 Å². The van der Waals surface area contributed by atoms with E-state index in [4.69, 9.17) is 23.2 Å². The fourth-order valence-corrected chi connectivity index (χ4v) is 2.72. The third-order valence-corrected chi connectivity index (χ3v) is 4.63. The van der Waals surface area contributed by atoms with Crippen LogP contribution >= 0.6 is 55.1 Å². The van der Waals surface area contributed by atoms with Crippen molar-refractivity contribution in [3.05, 3.63) is 68.1 Å². The Labute approximate surface area is 162 Å². The minimum Gasteiger partial charge on any atom is -0.166 e. The van der Waals surface area contributed by atoms with Gasteiger partial charge in [-0.3, -0.25) is 0 Å². The zero-order chi connectivity index (χ0) is 17.9. The lowest BCUT2D eigenvalue weighted by Gasteiger charge is -2.10. The van der Waals surface area contributed by atoms with E-state index < -0.39 is 11.7 Å². The van der Waals surface area contributed by atoms with Crippen molar-refractivity contribution in [1.29, 1.82) is 0 Å². The summed E-state index contributed by atoms with van der Waals surface area (Å²) in [4.78, 5) is 0. The van der Waals surface area contributed by atoms with Gasteiger partial charge < -0.3 is 0 Å². The third kappa shape index (κ3) is 5.05. The first-order chi connectivity index (χ1) is 11.2. The van der Waals surface area contributed by atoms with E-state index in [1.165, 1.54) is 12.1 Å². The van der Waals surface area contributed by atoms with Gasteiger partial charge in [0.2, 0.25) is 0 Å². The second-order valence-electron chi connectivity index (χ2n) is 4.48. The second-order valence-corrected chi connectivity index (χ2v) is 6.97. The van der Waals surface area contributed by atoms with Gasteiger partial charge in [-0.2, -0.15) is 13.2 Å². The molecule has 2 nitrogen and oxygen atoms in total. The molecular weight excluding hydrogens is 496 g/mol. The fraction of sp³-hybridized carbons (Fsp3) is 0.0667. The number of benzene rings is 2. The molecular formula is C15H7Br2Cl2F3N2. The minimum absolute atomic E-state index is 0.0637. The molecule has 0 unspecified atom stereocenters. The first kappa shape index (κ1) is 19.4. The highest BCUT2D eigenvalue weighted by atomic mass is 79.9. The van der Waals surface area contributed by atoms with Crippen LogP contribution in [-0.2, 0) is 6.18 Å². The first-order valence-corrected chi connectivity index (χ1v) is 8.62. The van der Waals surface area contributed by atoms with Gasteiger partial charge in [-0.05, 0) is 24.3 Å². The Hall–Kier alpha value is -0.890. The standard InChI is InChI=1S/C15H7Br2Cl2F3N2/c16-10-4-1-8(2-5-10)13(18)23-24-14(19)9-3-6-12(17)11(7-9)15(20,21)22/h1-7H. The maximum atomic E-state index is 12.9. The zero-order valence-corrected chi connectivity index (χ0v) is 16.3. The van der Waals surface area contributed by atoms with Gasteiger partial charge >= 0.3 is 6.18 Å². The van der Waals surface area contributed by atoms with Crippen LogP contribution in [0.15, 0.2) is 61.6 Å². The van der Waals surface area contributed by atoms with Crippen LogP contribution in [0.5, 0.6) is 0 Å². The Morgan fingerprint density at radius 3 is 1.88 bits per heavy atom. The molecule has 24 heavy (non-hydrogen) atoms. The summed E-state index contributed by atoms with van der Waals surface area (Å²) in [5.74, 6) is 0. The minimum atomic E-state index is -4.51. The largest absolute Gasteiger partial charge is 0.417 e. The van der Waals surface area contributed by atoms with Crippen molar-refractivity contribution in [3.63, 3.8) is 0 Å². The van der Waals surface area contributed by atoms with Crippen molar-refractivity contribution in [2.24, 2.45) is 10.2 Å². The average molecular weight is 503 g/mol. The molecule has 0 saturated heterocycles. The molecule has 2 rings (SSSR count). The van der Waals surface area contributed by atoms with Crippen molar-refractivity contribution in [3.8, 4) is 0 Å². The summed E-state index contributed by atoms with van der Waals surface area (Å²) < 4.78 is 39.5. The Morgan fingerprint density at radius 2 is 1.33 bits per heavy atom. The molecule has 0 radical (unpaired) electrons. The molecule has 0 amide bonds. The molecule has 0 spiro atoms. The van der Waals surface area contributed by atoms with Crippen molar-refractivity contribution in [2.45, 2.75) is 6.18 Å². The number of hydrogen-bond donors (Lipinski definition) is 0. The van der Waals surface area contributed by atoms with Gasteiger partial charge in [-0.25, -0.2) is 0 Å². The molecule has 0 aliphatic rings. The van der Waals surface area contributed by atoms with Crippen LogP contribution in [0.2, 0.25) is 0 Å². The van der Waals surface area contributed by atoms with Gasteiger partial charge in [-0.15, -0.1) is 10.2 Å².